The van der Waals surface area contributed by atoms with Crippen molar-refractivity contribution in [2.24, 2.45) is 50.2 Å². The molecule has 0 aromatic heterocycles. The van der Waals surface area contributed by atoms with Crippen LogP contribution >= 0.6 is 0 Å². The number of hydrogen-bond acceptors (Lipinski definition) is 2. The first-order valence-electron chi connectivity index (χ1n) is 13.8. The van der Waals surface area contributed by atoms with E-state index >= 15 is 0 Å². The zero-order chi connectivity index (χ0) is 23.4. The Labute approximate surface area is 197 Å². The molecule has 0 saturated heterocycles. The van der Waals surface area contributed by atoms with Gasteiger partial charge in [0.2, 0.25) is 0 Å². The molecule has 2 heteroatoms. The minimum atomic E-state index is -0.175. The van der Waals surface area contributed by atoms with Gasteiger partial charge in [0.05, 0.1) is 12.7 Å². The molecule has 32 heavy (non-hydrogen) atoms. The largest absolute Gasteiger partial charge is 0.395 e. The summed E-state index contributed by atoms with van der Waals surface area (Å²) in [6.07, 6.45) is 14.6. The molecular weight excluding hydrogens is 392 g/mol. The van der Waals surface area contributed by atoms with Gasteiger partial charge in [-0.15, -0.1) is 0 Å². The van der Waals surface area contributed by atoms with Crippen LogP contribution in [0.5, 0.6) is 0 Å². The third kappa shape index (κ3) is 2.78. The fourth-order valence-electron chi connectivity index (χ4n) is 10.7. The van der Waals surface area contributed by atoms with Gasteiger partial charge in [-0.3, -0.25) is 0 Å². The van der Waals surface area contributed by atoms with Gasteiger partial charge in [0, 0.05) is 5.41 Å². The normalized spacial score (nSPS) is 53.8. The molecule has 0 spiro atoms. The number of aliphatic hydroxyl groups is 2. The van der Waals surface area contributed by atoms with Crippen LogP contribution in [0, 0.1) is 50.2 Å². The Morgan fingerprint density at radius 2 is 1.53 bits per heavy atom. The van der Waals surface area contributed by atoms with Gasteiger partial charge in [0.1, 0.15) is 0 Å². The molecule has 0 amide bonds. The van der Waals surface area contributed by atoms with Crippen molar-refractivity contribution in [1.29, 1.82) is 0 Å². The van der Waals surface area contributed by atoms with Crippen LogP contribution < -0.4 is 0 Å². The number of rotatable bonds is 1. The topological polar surface area (TPSA) is 40.5 Å². The summed E-state index contributed by atoms with van der Waals surface area (Å²) in [6.45, 7) is 17.6. The van der Waals surface area contributed by atoms with Crippen LogP contribution in [0.15, 0.2) is 11.6 Å². The Morgan fingerprint density at radius 1 is 0.844 bits per heavy atom. The van der Waals surface area contributed by atoms with E-state index in [4.69, 9.17) is 0 Å². The van der Waals surface area contributed by atoms with Crippen LogP contribution in [0.4, 0.5) is 0 Å². The molecule has 182 valence electrons. The molecule has 8 atom stereocenters. The molecule has 5 aliphatic rings. The van der Waals surface area contributed by atoms with Crippen molar-refractivity contribution < 1.29 is 10.2 Å². The summed E-state index contributed by atoms with van der Waals surface area (Å²) < 4.78 is 0. The highest BCUT2D eigenvalue weighted by atomic mass is 16.3. The van der Waals surface area contributed by atoms with Crippen LogP contribution in [-0.2, 0) is 0 Å². The van der Waals surface area contributed by atoms with Crippen LogP contribution in [0.1, 0.15) is 113 Å². The molecule has 5 rings (SSSR count). The molecule has 0 heterocycles. The summed E-state index contributed by atoms with van der Waals surface area (Å²) in [6, 6.07) is 0. The van der Waals surface area contributed by atoms with E-state index in [2.05, 4.69) is 54.5 Å². The summed E-state index contributed by atoms with van der Waals surface area (Å²) in [5.41, 5.74) is 2.86. The lowest BCUT2D eigenvalue weighted by atomic mass is 9.33. The van der Waals surface area contributed by atoms with Crippen molar-refractivity contribution in [1.82, 2.24) is 0 Å². The zero-order valence-corrected chi connectivity index (χ0v) is 22.1. The van der Waals surface area contributed by atoms with E-state index < -0.39 is 0 Å². The molecule has 0 bridgehead atoms. The van der Waals surface area contributed by atoms with Crippen LogP contribution in [0.25, 0.3) is 0 Å². The first-order chi connectivity index (χ1) is 14.8. The number of allylic oxidation sites excluding steroid dienone is 1. The fraction of sp³-hybridized carbons (Fsp3) is 0.933. The highest BCUT2D eigenvalue weighted by molar-refractivity contribution is 5.34. The molecule has 4 fully saturated rings. The van der Waals surface area contributed by atoms with E-state index in [0.29, 0.717) is 35.2 Å². The molecule has 0 radical (unpaired) electrons. The van der Waals surface area contributed by atoms with E-state index in [0.717, 1.165) is 12.8 Å². The molecule has 0 aliphatic heterocycles. The highest BCUT2D eigenvalue weighted by Gasteiger charge is 2.69. The molecule has 2 N–H and O–H groups in total. The van der Waals surface area contributed by atoms with Gasteiger partial charge in [-0.25, -0.2) is 0 Å². The molecule has 4 saturated carbocycles. The van der Waals surface area contributed by atoms with Gasteiger partial charge >= 0.3 is 0 Å². The second-order valence-corrected chi connectivity index (χ2v) is 15.2. The SMILES string of the molecule is CC1(C)CC[C@]2(C)CC[C@]3(CO)C(=CC[C@H]4[C@@]5(C)CC[C@@H](O)C(C)(C)[C@@H]5CC[C@]43C)[C@@H]2C1. The number of aliphatic hydroxyl groups excluding tert-OH is 2. The van der Waals surface area contributed by atoms with Gasteiger partial charge in [-0.2, -0.15) is 0 Å². The van der Waals surface area contributed by atoms with Crippen molar-refractivity contribution in [3.63, 3.8) is 0 Å². The van der Waals surface area contributed by atoms with Crippen molar-refractivity contribution in [3.05, 3.63) is 11.6 Å². The maximum Gasteiger partial charge on any atom is 0.0594 e. The Balaban J connectivity index is 1.60. The monoisotopic (exact) mass is 442 g/mol. The summed E-state index contributed by atoms with van der Waals surface area (Å²) in [4.78, 5) is 0. The molecule has 0 unspecified atom stereocenters. The van der Waals surface area contributed by atoms with Crippen LogP contribution in [0.2, 0.25) is 0 Å². The minimum absolute atomic E-state index is 0.0107. The maximum absolute atomic E-state index is 11.2. The Hall–Kier alpha value is -0.340. The number of hydrogen-bond donors (Lipinski definition) is 2. The third-order valence-electron chi connectivity index (χ3n) is 13.0. The predicted octanol–water partition coefficient (Wildman–Crippen LogP) is 7.14. The zero-order valence-electron chi connectivity index (χ0n) is 22.1. The van der Waals surface area contributed by atoms with Gasteiger partial charge in [-0.05, 0) is 109 Å². The van der Waals surface area contributed by atoms with E-state index in [9.17, 15) is 10.2 Å². The average molecular weight is 443 g/mol. The summed E-state index contributed by atoms with van der Waals surface area (Å²) in [5.74, 6) is 1.82. The lowest BCUT2D eigenvalue weighted by Crippen LogP contribution is -2.65. The lowest BCUT2D eigenvalue weighted by Gasteiger charge is -2.71. The molecule has 0 aromatic rings. The van der Waals surface area contributed by atoms with Crippen LogP contribution in [0.3, 0.4) is 0 Å². The van der Waals surface area contributed by atoms with Crippen molar-refractivity contribution in [3.8, 4) is 0 Å². The van der Waals surface area contributed by atoms with Gasteiger partial charge < -0.3 is 10.2 Å². The Bertz CT molecular complexity index is 810. The molecular formula is C30H50O2. The smallest absolute Gasteiger partial charge is 0.0594 e. The van der Waals surface area contributed by atoms with Gasteiger partial charge in [0.25, 0.3) is 0 Å². The van der Waals surface area contributed by atoms with Crippen LogP contribution in [-0.4, -0.2) is 22.9 Å². The third-order valence-corrected chi connectivity index (χ3v) is 13.0. The van der Waals surface area contributed by atoms with Gasteiger partial charge in [0.15, 0.2) is 0 Å². The standard InChI is InChI=1S/C30H50O2/c1-25(2)14-15-27(5)16-17-30(19-31)20(21(27)18-25)8-9-23-28(6)12-11-24(32)26(3,4)22(28)10-13-29(23,30)7/h8,21-24,31-32H,9-19H2,1-7H3/t21-,22-,23-,24+,27+,28-,29+,30-/m0/s1. The predicted molar refractivity (Wildman–Crippen MR) is 132 cm³/mol. The highest BCUT2D eigenvalue weighted by Crippen LogP contribution is 2.75. The Kier molecular flexibility index (Phi) is 5.02. The minimum Gasteiger partial charge on any atom is -0.395 e. The van der Waals surface area contributed by atoms with E-state index in [-0.39, 0.29) is 27.8 Å². The lowest BCUT2D eigenvalue weighted by molar-refractivity contribution is -0.212. The fourth-order valence-corrected chi connectivity index (χ4v) is 10.7. The molecule has 2 nitrogen and oxygen atoms in total. The summed E-state index contributed by atoms with van der Waals surface area (Å²) in [7, 11) is 0. The molecule has 0 aromatic carbocycles. The molecule has 5 aliphatic carbocycles. The van der Waals surface area contributed by atoms with Crippen molar-refractivity contribution in [2.45, 2.75) is 119 Å². The summed E-state index contributed by atoms with van der Waals surface area (Å²) in [5, 5.41) is 22.1. The van der Waals surface area contributed by atoms with Gasteiger partial charge in [-0.1, -0.05) is 60.1 Å². The Morgan fingerprint density at radius 3 is 2.22 bits per heavy atom. The second kappa shape index (κ2) is 6.87. The van der Waals surface area contributed by atoms with Crippen molar-refractivity contribution >= 4 is 0 Å². The first-order valence-corrected chi connectivity index (χ1v) is 13.8. The second-order valence-electron chi connectivity index (χ2n) is 15.2. The van der Waals surface area contributed by atoms with Crippen molar-refractivity contribution in [2.75, 3.05) is 6.61 Å². The first kappa shape index (κ1) is 23.4. The maximum atomic E-state index is 11.2. The van der Waals surface area contributed by atoms with E-state index in [1.807, 2.05) is 0 Å². The average Bonchev–Trinajstić information content (AvgIpc) is 2.71. The summed E-state index contributed by atoms with van der Waals surface area (Å²) >= 11 is 0. The quantitative estimate of drug-likeness (QED) is 0.424. The van der Waals surface area contributed by atoms with E-state index in [1.54, 1.807) is 5.57 Å². The number of fused-ring (bicyclic) bond motifs is 7. The van der Waals surface area contributed by atoms with E-state index in [1.165, 1.54) is 51.4 Å².